The van der Waals surface area contributed by atoms with Crippen molar-refractivity contribution in [3.63, 3.8) is 0 Å². The first-order valence-electron chi connectivity index (χ1n) is 6.23. The molecule has 1 fully saturated rings. The van der Waals surface area contributed by atoms with Crippen LogP contribution in [0.5, 0.6) is 0 Å². The standard InChI is InChI=1S/C12H26N2/c1-11(2)10-13-8-4-3-5-9-14-12-6-7-12/h11-14H,3-10H2,1-2H3. The third-order valence-corrected chi connectivity index (χ3v) is 2.59. The van der Waals surface area contributed by atoms with Crippen molar-refractivity contribution in [2.45, 2.75) is 52.0 Å². The predicted octanol–water partition coefficient (Wildman–Crippen LogP) is 2.15. The van der Waals surface area contributed by atoms with Gasteiger partial charge in [-0.1, -0.05) is 20.3 Å². The maximum Gasteiger partial charge on any atom is 0.00682 e. The lowest BCUT2D eigenvalue weighted by Crippen LogP contribution is -2.21. The summed E-state index contributed by atoms with van der Waals surface area (Å²) < 4.78 is 0. The van der Waals surface area contributed by atoms with Gasteiger partial charge in [-0.15, -0.1) is 0 Å². The smallest absolute Gasteiger partial charge is 0.00682 e. The van der Waals surface area contributed by atoms with Gasteiger partial charge in [0.1, 0.15) is 0 Å². The van der Waals surface area contributed by atoms with Gasteiger partial charge in [-0.2, -0.15) is 0 Å². The summed E-state index contributed by atoms with van der Waals surface area (Å²) >= 11 is 0. The molecule has 14 heavy (non-hydrogen) atoms. The van der Waals surface area contributed by atoms with Crippen molar-refractivity contribution in [2.75, 3.05) is 19.6 Å². The lowest BCUT2D eigenvalue weighted by Gasteiger charge is -2.07. The molecular formula is C12H26N2. The van der Waals surface area contributed by atoms with Gasteiger partial charge in [0.25, 0.3) is 0 Å². The van der Waals surface area contributed by atoms with Crippen LogP contribution in [-0.4, -0.2) is 25.7 Å². The molecule has 1 saturated carbocycles. The summed E-state index contributed by atoms with van der Waals surface area (Å²) in [5, 5.41) is 7.02. The van der Waals surface area contributed by atoms with Crippen LogP contribution in [0.3, 0.4) is 0 Å². The maximum atomic E-state index is 3.55. The van der Waals surface area contributed by atoms with Gasteiger partial charge in [-0.25, -0.2) is 0 Å². The number of hydrogen-bond acceptors (Lipinski definition) is 2. The lowest BCUT2D eigenvalue weighted by atomic mass is 10.2. The van der Waals surface area contributed by atoms with Gasteiger partial charge < -0.3 is 10.6 Å². The Morgan fingerprint density at radius 2 is 1.79 bits per heavy atom. The molecule has 0 aromatic carbocycles. The highest BCUT2D eigenvalue weighted by molar-refractivity contribution is 4.80. The molecule has 0 amide bonds. The van der Waals surface area contributed by atoms with Gasteiger partial charge in [-0.3, -0.25) is 0 Å². The van der Waals surface area contributed by atoms with E-state index in [9.17, 15) is 0 Å². The second kappa shape index (κ2) is 7.24. The first kappa shape index (κ1) is 12.0. The average molecular weight is 198 g/mol. The van der Waals surface area contributed by atoms with Crippen LogP contribution in [0.15, 0.2) is 0 Å². The zero-order chi connectivity index (χ0) is 10.2. The zero-order valence-corrected chi connectivity index (χ0v) is 9.81. The Morgan fingerprint density at radius 3 is 2.43 bits per heavy atom. The Kier molecular flexibility index (Phi) is 6.20. The second-order valence-electron chi connectivity index (χ2n) is 4.89. The second-order valence-corrected chi connectivity index (χ2v) is 4.89. The number of rotatable bonds is 9. The summed E-state index contributed by atoms with van der Waals surface area (Å²) in [6, 6.07) is 0.883. The van der Waals surface area contributed by atoms with Crippen LogP contribution in [0.1, 0.15) is 46.0 Å². The molecule has 0 spiro atoms. The van der Waals surface area contributed by atoms with E-state index in [4.69, 9.17) is 0 Å². The van der Waals surface area contributed by atoms with Crippen molar-refractivity contribution in [1.29, 1.82) is 0 Å². The van der Waals surface area contributed by atoms with E-state index >= 15 is 0 Å². The highest BCUT2D eigenvalue weighted by Gasteiger charge is 2.19. The number of hydrogen-bond donors (Lipinski definition) is 2. The minimum atomic E-state index is 0.784. The monoisotopic (exact) mass is 198 g/mol. The van der Waals surface area contributed by atoms with E-state index < -0.39 is 0 Å². The Hall–Kier alpha value is -0.0800. The van der Waals surface area contributed by atoms with E-state index in [-0.39, 0.29) is 0 Å². The highest BCUT2D eigenvalue weighted by atomic mass is 14.9. The first-order chi connectivity index (χ1) is 6.79. The number of unbranched alkanes of at least 4 members (excludes halogenated alkanes) is 2. The van der Waals surface area contributed by atoms with Crippen LogP contribution in [0.25, 0.3) is 0 Å². The molecule has 0 radical (unpaired) electrons. The van der Waals surface area contributed by atoms with Crippen molar-refractivity contribution in [1.82, 2.24) is 10.6 Å². The molecule has 0 bridgehead atoms. The van der Waals surface area contributed by atoms with E-state index in [1.165, 1.54) is 51.7 Å². The van der Waals surface area contributed by atoms with E-state index in [2.05, 4.69) is 24.5 Å². The van der Waals surface area contributed by atoms with E-state index in [0.717, 1.165) is 12.0 Å². The Balaban J connectivity index is 1.66. The van der Waals surface area contributed by atoms with Gasteiger partial charge in [0, 0.05) is 6.04 Å². The molecule has 2 heteroatoms. The SMILES string of the molecule is CC(C)CNCCCCCNC1CC1. The molecule has 0 atom stereocenters. The topological polar surface area (TPSA) is 24.1 Å². The van der Waals surface area contributed by atoms with Crippen molar-refractivity contribution in [3.8, 4) is 0 Å². The van der Waals surface area contributed by atoms with Crippen molar-refractivity contribution >= 4 is 0 Å². The Morgan fingerprint density at radius 1 is 1.07 bits per heavy atom. The third-order valence-electron chi connectivity index (χ3n) is 2.59. The molecule has 1 aliphatic rings. The van der Waals surface area contributed by atoms with Crippen molar-refractivity contribution < 1.29 is 0 Å². The minimum absolute atomic E-state index is 0.784. The molecular weight excluding hydrogens is 172 g/mol. The normalized spacial score (nSPS) is 16.5. The van der Waals surface area contributed by atoms with Gasteiger partial charge >= 0.3 is 0 Å². The Bertz CT molecular complexity index is 122. The van der Waals surface area contributed by atoms with Crippen LogP contribution < -0.4 is 10.6 Å². The van der Waals surface area contributed by atoms with E-state index in [1.54, 1.807) is 0 Å². The summed E-state index contributed by atoms with van der Waals surface area (Å²) in [4.78, 5) is 0. The molecule has 2 nitrogen and oxygen atoms in total. The molecule has 1 aliphatic carbocycles. The van der Waals surface area contributed by atoms with Crippen LogP contribution in [0, 0.1) is 5.92 Å². The fourth-order valence-electron chi connectivity index (χ4n) is 1.54. The summed E-state index contributed by atoms with van der Waals surface area (Å²) in [5.41, 5.74) is 0. The van der Waals surface area contributed by atoms with Gasteiger partial charge in [-0.05, 0) is 51.2 Å². The van der Waals surface area contributed by atoms with Crippen LogP contribution in [0.2, 0.25) is 0 Å². The zero-order valence-electron chi connectivity index (χ0n) is 9.81. The largest absolute Gasteiger partial charge is 0.316 e. The lowest BCUT2D eigenvalue weighted by molar-refractivity contribution is 0.523. The molecule has 0 aromatic rings. The van der Waals surface area contributed by atoms with Gasteiger partial charge in [0.15, 0.2) is 0 Å². The summed E-state index contributed by atoms with van der Waals surface area (Å²) in [6.07, 6.45) is 6.87. The summed E-state index contributed by atoms with van der Waals surface area (Å²) in [5.74, 6) is 0.784. The van der Waals surface area contributed by atoms with Crippen molar-refractivity contribution in [2.24, 2.45) is 5.92 Å². The van der Waals surface area contributed by atoms with Gasteiger partial charge in [0.2, 0.25) is 0 Å². The summed E-state index contributed by atoms with van der Waals surface area (Å²) in [7, 11) is 0. The fraction of sp³-hybridized carbons (Fsp3) is 1.00. The molecule has 1 rings (SSSR count). The third kappa shape index (κ3) is 7.34. The molecule has 0 saturated heterocycles. The minimum Gasteiger partial charge on any atom is -0.316 e. The highest BCUT2D eigenvalue weighted by Crippen LogP contribution is 2.18. The molecule has 2 N–H and O–H groups in total. The van der Waals surface area contributed by atoms with E-state index in [1.807, 2.05) is 0 Å². The first-order valence-corrected chi connectivity index (χ1v) is 6.23. The van der Waals surface area contributed by atoms with Gasteiger partial charge in [0.05, 0.1) is 0 Å². The fourth-order valence-corrected chi connectivity index (χ4v) is 1.54. The predicted molar refractivity (Wildman–Crippen MR) is 62.6 cm³/mol. The molecule has 84 valence electrons. The molecule has 0 unspecified atom stereocenters. The molecule has 0 aromatic heterocycles. The van der Waals surface area contributed by atoms with Crippen LogP contribution >= 0.6 is 0 Å². The quantitative estimate of drug-likeness (QED) is 0.555. The van der Waals surface area contributed by atoms with E-state index in [0.29, 0.717) is 0 Å². The van der Waals surface area contributed by atoms with Crippen LogP contribution in [0.4, 0.5) is 0 Å². The average Bonchev–Trinajstić information content (AvgIpc) is 2.92. The Labute approximate surface area is 88.8 Å². The van der Waals surface area contributed by atoms with Crippen LogP contribution in [-0.2, 0) is 0 Å². The maximum absolute atomic E-state index is 3.55. The summed E-state index contributed by atoms with van der Waals surface area (Å²) in [6.45, 7) is 8.11. The number of nitrogens with one attached hydrogen (secondary N) is 2. The molecule has 0 heterocycles. The molecule has 0 aliphatic heterocycles. The van der Waals surface area contributed by atoms with Crippen molar-refractivity contribution in [3.05, 3.63) is 0 Å².